The smallest absolute Gasteiger partial charge is 0.271 e. The number of anilines is 12. The summed E-state index contributed by atoms with van der Waals surface area (Å²) >= 11 is 10.8. The molecule has 13 aromatic rings. The summed E-state index contributed by atoms with van der Waals surface area (Å²) in [6.07, 6.45) is 21.2. The molecule has 3 unspecified atom stereocenters. The Kier molecular flexibility index (Phi) is 31.8. The van der Waals surface area contributed by atoms with Crippen LogP contribution in [0.15, 0.2) is 173 Å². The first-order valence-corrected chi connectivity index (χ1v) is 42.5. The van der Waals surface area contributed by atoms with Gasteiger partial charge in [-0.05, 0) is 199 Å². The van der Waals surface area contributed by atoms with Crippen molar-refractivity contribution in [1.29, 1.82) is 0 Å². The van der Waals surface area contributed by atoms with Gasteiger partial charge in [0.15, 0.2) is 5.89 Å². The first kappa shape index (κ1) is 92.9. The number of rotatable bonds is 29. The highest BCUT2D eigenvalue weighted by atomic mass is 35.5. The Morgan fingerprint density at radius 2 is 0.945 bits per heavy atom. The quantitative estimate of drug-likeness (QED) is 0.0153. The molecule has 3 atom stereocenters. The number of aromatic amines is 4. The minimum Gasteiger partial charge on any atom is -0.449 e. The molecule has 1 aliphatic rings. The average molecular weight is 1820 g/mol. The number of nitrogens with one attached hydrogen (secondary N) is 12. The number of pyridine rings is 2. The molecule has 658 valence electrons. The number of carbonyl (C=O) groups excluding carboxylic acids is 4. The molecule has 14 rings (SSSR count). The van der Waals surface area contributed by atoms with Gasteiger partial charge in [-0.1, -0.05) is 18.5 Å². The van der Waals surface area contributed by atoms with E-state index in [9.17, 15) is 38.4 Å². The molecular weight excluding hydrogens is 1730 g/mol. The number of nitrogens with two attached hydrogens (primary N) is 4. The molecular formula is C81H88ClN31O10S4. The van der Waals surface area contributed by atoms with Crippen LogP contribution in [0.5, 0.6) is 0 Å². The van der Waals surface area contributed by atoms with Crippen molar-refractivity contribution in [2.75, 3.05) is 55.7 Å². The van der Waals surface area contributed by atoms with Crippen molar-refractivity contribution in [2.45, 2.75) is 113 Å². The molecule has 2 aromatic carbocycles. The summed E-state index contributed by atoms with van der Waals surface area (Å²) in [5, 5.41) is 34.9. The number of amides is 4. The third-order valence-electron chi connectivity index (χ3n) is 18.8. The monoisotopic (exact) mass is 1820 g/mol. The van der Waals surface area contributed by atoms with Gasteiger partial charge in [-0.3, -0.25) is 75.8 Å². The van der Waals surface area contributed by atoms with Gasteiger partial charge in [-0.25, -0.2) is 54.8 Å². The van der Waals surface area contributed by atoms with Gasteiger partial charge < -0.3 is 75.0 Å². The molecule has 46 heteroatoms. The summed E-state index contributed by atoms with van der Waals surface area (Å²) in [5.74, 6) is 1.16. The van der Waals surface area contributed by atoms with E-state index in [0.29, 0.717) is 141 Å². The Bertz CT molecular complexity index is 6420. The van der Waals surface area contributed by atoms with Crippen molar-refractivity contribution in [3.8, 4) is 0 Å². The van der Waals surface area contributed by atoms with Crippen LogP contribution in [0.25, 0.3) is 0 Å². The molecule has 4 amide bonds. The Balaban J connectivity index is 0.000000164. The van der Waals surface area contributed by atoms with Gasteiger partial charge in [0.25, 0.3) is 45.9 Å². The highest BCUT2D eigenvalue weighted by Gasteiger charge is 2.29. The van der Waals surface area contributed by atoms with Gasteiger partial charge in [0.05, 0.1) is 117 Å². The molecule has 0 radical (unpaired) electrons. The second-order valence-electron chi connectivity index (χ2n) is 28.3. The van der Waals surface area contributed by atoms with E-state index in [1.807, 2.05) is 33.8 Å². The fourth-order valence-corrected chi connectivity index (χ4v) is 15.0. The Morgan fingerprint density at radius 3 is 1.41 bits per heavy atom. The Morgan fingerprint density at radius 1 is 0.496 bits per heavy atom. The van der Waals surface area contributed by atoms with Crippen molar-refractivity contribution >= 4 is 170 Å². The SMILES string of the molecule is CCC(C)N=C(N)c1c(Nc2ccc(C(=O)Nc3cncnc3)c(C)c2)s[nH]c1=O.Cc1cc(Nc2s[nH]c(=O)c2C(N)=NC(C)C2CC2)ncc1C(=O)Nc1cncnc1.Cc1ncnc(C)c1NC(=O)c1ccc(Nc2s[nH]c(=O)c2C(N)=NC(C)CO)nc1.Cc1ncnc(C)c1NC(=O)c1ccc(Nc2s[nH]c(=O)c2C(N)=NCCc2ncco2)cc1Cl. The lowest BCUT2D eigenvalue weighted by Crippen LogP contribution is -2.24. The minimum atomic E-state index is -0.439. The number of benzene rings is 2. The number of nitrogens with zero attached hydrogens (tertiary/aromatic N) is 15. The predicted molar refractivity (Wildman–Crippen MR) is 494 cm³/mol. The average Bonchev–Trinajstić information content (AvgIpc) is 1.75. The van der Waals surface area contributed by atoms with Crippen LogP contribution in [-0.4, -0.2) is 156 Å². The molecule has 11 heterocycles. The van der Waals surface area contributed by atoms with Gasteiger partial charge in [0.1, 0.15) is 109 Å². The fraction of sp³-hybridized carbons (Fsp3) is 0.247. The number of H-pyrrole nitrogens is 4. The van der Waals surface area contributed by atoms with Crippen LogP contribution in [0, 0.1) is 47.5 Å². The van der Waals surface area contributed by atoms with Crippen molar-refractivity contribution in [1.82, 2.24) is 72.3 Å². The van der Waals surface area contributed by atoms with Crippen LogP contribution < -0.4 is 87.7 Å². The molecule has 0 saturated heterocycles. The van der Waals surface area contributed by atoms with Crippen molar-refractivity contribution in [3.05, 3.63) is 260 Å². The third kappa shape index (κ3) is 25.0. The van der Waals surface area contributed by atoms with Gasteiger partial charge in [0.2, 0.25) is 0 Å². The van der Waals surface area contributed by atoms with E-state index in [-0.39, 0.29) is 98.1 Å². The topological polar surface area (TPSA) is 625 Å². The van der Waals surface area contributed by atoms with Gasteiger partial charge >= 0.3 is 0 Å². The second-order valence-corrected chi connectivity index (χ2v) is 31.9. The number of hydrogen-bond acceptors (Lipinski definition) is 33. The summed E-state index contributed by atoms with van der Waals surface area (Å²) in [4.78, 5) is 161. The van der Waals surface area contributed by atoms with Gasteiger partial charge in [0, 0.05) is 48.3 Å². The Hall–Kier alpha value is -14.8. The maximum atomic E-state index is 12.8. The number of aliphatic imine (C=N–C) groups is 4. The van der Waals surface area contributed by atoms with E-state index in [0.717, 1.165) is 76.6 Å². The first-order chi connectivity index (χ1) is 60.9. The molecule has 1 fully saturated rings. The molecule has 0 spiro atoms. The summed E-state index contributed by atoms with van der Waals surface area (Å²) < 4.78 is 15.8. The number of aromatic nitrogens is 15. The summed E-state index contributed by atoms with van der Waals surface area (Å²) in [7, 11) is 0. The van der Waals surface area contributed by atoms with Crippen molar-refractivity contribution in [3.63, 3.8) is 0 Å². The standard InChI is InChI=1S/C22H21ClN8O3S.C20H22N8O2S.C20H23N7O2S.C19H22N8O3S/c1-11-18(12(2)28-10-27-11)30-20(32)14-4-3-13(9-15(14)23)29-22-17(21(33)31-35-22)19(24)26-6-5-16-25-7-8-34-16;1-10-5-15(24-8-14(10)18(29)26-13-6-22-9-23-7-13)27-20-16(19(30)28-31-20)17(21)25-11(2)12-3-4-12;1-4-12(3)24-17(21)16-19(29)27-30-20(16)26-13-5-6-15(11(2)7-13)18(28)25-14-8-22-10-23-9-14;1-9(7-28)24-16(20)14-18(30)27-31-19(14)25-13-5-4-12(6-21-13)17(29)26-15-10(2)22-8-23-11(15)3/h3-4,7-10,29H,5-6H2,1-2H3,(H2,24,26)(H,30,32)(H,31,33);5-9,11-12H,3-4H2,1-2H3,(H2,21,25)(H,24,27)(H,26,29)(H,28,30);5-10,12,26H,4H2,1-3H3,(H2,21,24)(H,25,28)(H,27,29);4-6,8-9,28H,7H2,1-3H3,(H2,20,24)(H,21,25)(H,26,29)(H,27,30). The molecule has 1 aliphatic carbocycles. The third-order valence-corrected chi connectivity index (χ3v) is 22.3. The molecule has 1 saturated carbocycles. The number of hydrogen-bond donors (Lipinski definition) is 17. The largest absolute Gasteiger partial charge is 0.449 e. The van der Waals surface area contributed by atoms with E-state index in [2.05, 4.69) is 135 Å². The number of aliphatic hydroxyl groups is 1. The van der Waals surface area contributed by atoms with Crippen LogP contribution in [0.3, 0.4) is 0 Å². The summed E-state index contributed by atoms with van der Waals surface area (Å²) in [5.41, 5.74) is 32.9. The number of halogens is 1. The zero-order valence-corrected chi connectivity index (χ0v) is 73.8. The molecule has 21 N–H and O–H groups in total. The van der Waals surface area contributed by atoms with Crippen molar-refractivity contribution in [2.24, 2.45) is 48.8 Å². The maximum Gasteiger partial charge on any atom is 0.271 e. The van der Waals surface area contributed by atoms with E-state index in [1.54, 1.807) is 96.3 Å². The first-order valence-electron chi connectivity index (χ1n) is 38.8. The number of carbonyl (C=O) groups is 4. The lowest BCUT2D eigenvalue weighted by atomic mass is 10.1. The number of amidine groups is 4. The highest BCUT2D eigenvalue weighted by Crippen LogP contribution is 2.35. The molecule has 11 aromatic heterocycles. The molecule has 41 nitrogen and oxygen atoms in total. The lowest BCUT2D eigenvalue weighted by Gasteiger charge is -2.12. The predicted octanol–water partition coefficient (Wildman–Crippen LogP) is 10.2. The molecule has 0 bridgehead atoms. The van der Waals surface area contributed by atoms with Crippen LogP contribution in [0.2, 0.25) is 5.02 Å². The summed E-state index contributed by atoms with van der Waals surface area (Å²) in [6, 6.07) is 14.7. The van der Waals surface area contributed by atoms with Crippen molar-refractivity contribution < 1.29 is 28.7 Å². The minimum absolute atomic E-state index is 0.0124. The number of oxazole rings is 1. The molecule has 127 heavy (non-hydrogen) atoms. The summed E-state index contributed by atoms with van der Waals surface area (Å²) in [6.45, 7) is 18.5. The second kappa shape index (κ2) is 43.5. The van der Waals surface area contributed by atoms with Crippen LogP contribution in [0.1, 0.15) is 150 Å². The highest BCUT2D eigenvalue weighted by molar-refractivity contribution is 7.11. The maximum absolute atomic E-state index is 12.8. The normalized spacial score (nSPS) is 12.8. The zero-order chi connectivity index (χ0) is 91.1. The van der Waals surface area contributed by atoms with Crippen LogP contribution in [0.4, 0.5) is 65.8 Å². The molecule has 0 aliphatic heterocycles. The zero-order valence-electron chi connectivity index (χ0n) is 69.8. The van der Waals surface area contributed by atoms with E-state index < -0.39 is 17.5 Å². The van der Waals surface area contributed by atoms with Crippen LogP contribution >= 0.6 is 57.7 Å². The fourth-order valence-electron chi connectivity index (χ4n) is 11.7. The van der Waals surface area contributed by atoms with Gasteiger partial charge in [-0.2, -0.15) is 0 Å². The number of aryl methyl sites for hydroxylation is 6. The van der Waals surface area contributed by atoms with E-state index in [1.165, 1.54) is 68.8 Å². The van der Waals surface area contributed by atoms with Gasteiger partial charge in [-0.15, -0.1) is 0 Å². The lowest BCUT2D eigenvalue weighted by molar-refractivity contribution is 0.101. The number of aliphatic hydroxyl groups excluding tert-OH is 1. The Labute approximate surface area is 744 Å². The van der Waals surface area contributed by atoms with Crippen LogP contribution in [-0.2, 0) is 6.42 Å². The van der Waals surface area contributed by atoms with E-state index in [4.69, 9.17) is 44.1 Å². The van der Waals surface area contributed by atoms with E-state index >= 15 is 0 Å².